The number of piperazine rings is 1. The van der Waals surface area contributed by atoms with Gasteiger partial charge < -0.3 is 9.88 Å². The average Bonchev–Trinajstić information content (AvgIpc) is 3.30. The fourth-order valence-corrected chi connectivity index (χ4v) is 3.81. The molecule has 29 heavy (non-hydrogen) atoms. The minimum atomic E-state index is -4.36. The Kier molecular flexibility index (Phi) is 5.08. The van der Waals surface area contributed by atoms with Gasteiger partial charge in [-0.3, -0.25) is 10.00 Å². The van der Waals surface area contributed by atoms with Crippen LogP contribution in [0.1, 0.15) is 23.7 Å². The third-order valence-corrected chi connectivity index (χ3v) is 5.31. The highest BCUT2D eigenvalue weighted by Crippen LogP contribution is 2.30. The molecule has 1 fully saturated rings. The number of hydrogen-bond acceptors (Lipinski definition) is 4. The van der Waals surface area contributed by atoms with E-state index in [0.717, 1.165) is 54.4 Å². The van der Waals surface area contributed by atoms with Crippen LogP contribution in [-0.4, -0.2) is 50.7 Å². The minimum Gasteiger partial charge on any atom is -0.365 e. The van der Waals surface area contributed by atoms with E-state index in [1.807, 2.05) is 19.3 Å². The number of aromatic amines is 2. The maximum Gasteiger partial charge on any atom is 0.417 e. The number of pyridine rings is 1. The summed E-state index contributed by atoms with van der Waals surface area (Å²) in [5, 5.41) is 7.28. The van der Waals surface area contributed by atoms with E-state index < -0.39 is 11.7 Å². The predicted octanol–water partition coefficient (Wildman–Crippen LogP) is 3.84. The van der Waals surface area contributed by atoms with Crippen molar-refractivity contribution in [1.29, 1.82) is 0 Å². The van der Waals surface area contributed by atoms with Gasteiger partial charge in [0, 0.05) is 61.4 Å². The maximum atomic E-state index is 12.8. The SMILES string of the molecule is Cc1cc(-c2[nH]ncc2CN2CCN(c3ccc(C(F)(F)F)cn3)[C@H](C)C2)c[nH]1. The largest absolute Gasteiger partial charge is 0.417 e. The highest BCUT2D eigenvalue weighted by Gasteiger charge is 2.31. The number of rotatable bonds is 4. The number of H-pyrrole nitrogens is 2. The van der Waals surface area contributed by atoms with Crippen molar-refractivity contribution in [3.05, 3.63) is 53.6 Å². The molecule has 1 atom stereocenters. The van der Waals surface area contributed by atoms with Gasteiger partial charge in [0.25, 0.3) is 0 Å². The quantitative estimate of drug-likeness (QED) is 0.694. The summed E-state index contributed by atoms with van der Waals surface area (Å²) >= 11 is 0. The summed E-state index contributed by atoms with van der Waals surface area (Å²) < 4.78 is 38.3. The molecule has 0 radical (unpaired) electrons. The first-order valence-electron chi connectivity index (χ1n) is 9.51. The van der Waals surface area contributed by atoms with Gasteiger partial charge in [-0.2, -0.15) is 18.3 Å². The maximum absolute atomic E-state index is 12.8. The molecule has 0 saturated carbocycles. The summed E-state index contributed by atoms with van der Waals surface area (Å²) in [6, 6.07) is 4.77. The molecular weight excluding hydrogens is 381 g/mol. The van der Waals surface area contributed by atoms with Crippen molar-refractivity contribution in [2.45, 2.75) is 32.6 Å². The zero-order valence-corrected chi connectivity index (χ0v) is 16.3. The lowest BCUT2D eigenvalue weighted by Gasteiger charge is -2.40. The van der Waals surface area contributed by atoms with Crippen molar-refractivity contribution < 1.29 is 13.2 Å². The number of halogens is 3. The summed E-state index contributed by atoms with van der Waals surface area (Å²) in [6.45, 7) is 7.13. The highest BCUT2D eigenvalue weighted by atomic mass is 19.4. The van der Waals surface area contributed by atoms with Gasteiger partial charge in [-0.15, -0.1) is 0 Å². The van der Waals surface area contributed by atoms with Crippen molar-refractivity contribution in [3.8, 4) is 11.3 Å². The van der Waals surface area contributed by atoms with E-state index >= 15 is 0 Å². The van der Waals surface area contributed by atoms with Crippen LogP contribution in [0.2, 0.25) is 0 Å². The molecule has 3 aromatic heterocycles. The van der Waals surface area contributed by atoms with Crippen LogP contribution < -0.4 is 4.90 Å². The average molecular weight is 404 g/mol. The molecule has 0 amide bonds. The third-order valence-electron chi connectivity index (χ3n) is 5.31. The molecule has 0 unspecified atom stereocenters. The smallest absolute Gasteiger partial charge is 0.365 e. The molecule has 4 heterocycles. The predicted molar refractivity (Wildman–Crippen MR) is 104 cm³/mol. The standard InChI is InChI=1S/C20H23F3N6/c1-13-7-15(8-24-13)19-16(9-26-27-19)12-28-5-6-29(14(2)11-28)18-4-3-17(10-25-18)20(21,22)23/h3-4,7-10,14,24H,5-6,11-12H2,1-2H3,(H,26,27)/t14-/m1/s1. The van der Waals surface area contributed by atoms with Crippen LogP contribution in [-0.2, 0) is 12.7 Å². The summed E-state index contributed by atoms with van der Waals surface area (Å²) in [5.74, 6) is 0.581. The molecule has 1 aliphatic heterocycles. The number of aryl methyl sites for hydroxylation is 1. The molecule has 0 spiro atoms. The van der Waals surface area contributed by atoms with E-state index in [-0.39, 0.29) is 6.04 Å². The van der Waals surface area contributed by atoms with Gasteiger partial charge in [0.05, 0.1) is 17.5 Å². The molecule has 6 nitrogen and oxygen atoms in total. The molecule has 0 aromatic carbocycles. The molecule has 1 saturated heterocycles. The van der Waals surface area contributed by atoms with Gasteiger partial charge in [0.15, 0.2) is 0 Å². The molecule has 3 aromatic rings. The highest BCUT2D eigenvalue weighted by molar-refractivity contribution is 5.62. The lowest BCUT2D eigenvalue weighted by Crippen LogP contribution is -2.51. The first-order chi connectivity index (χ1) is 13.8. The van der Waals surface area contributed by atoms with Crippen molar-refractivity contribution in [1.82, 2.24) is 25.1 Å². The van der Waals surface area contributed by atoms with E-state index in [2.05, 4.69) is 43.0 Å². The molecule has 1 aliphatic rings. The van der Waals surface area contributed by atoms with E-state index in [1.165, 1.54) is 6.07 Å². The summed E-state index contributed by atoms with van der Waals surface area (Å²) in [4.78, 5) is 11.6. The van der Waals surface area contributed by atoms with Gasteiger partial charge >= 0.3 is 6.18 Å². The van der Waals surface area contributed by atoms with E-state index in [9.17, 15) is 13.2 Å². The molecular formula is C20H23F3N6. The number of anilines is 1. The van der Waals surface area contributed by atoms with Gasteiger partial charge in [0.1, 0.15) is 5.82 Å². The Morgan fingerprint density at radius 3 is 2.66 bits per heavy atom. The number of alkyl halides is 3. The Balaban J connectivity index is 1.42. The van der Waals surface area contributed by atoms with Crippen molar-refractivity contribution in [2.75, 3.05) is 24.5 Å². The fraction of sp³-hybridized carbons (Fsp3) is 0.400. The third kappa shape index (κ3) is 4.14. The first kappa shape index (κ1) is 19.5. The lowest BCUT2D eigenvalue weighted by atomic mass is 10.1. The fourth-order valence-electron chi connectivity index (χ4n) is 3.81. The van der Waals surface area contributed by atoms with Crippen LogP contribution in [0.15, 0.2) is 36.8 Å². The van der Waals surface area contributed by atoms with Gasteiger partial charge in [-0.1, -0.05) is 0 Å². The minimum absolute atomic E-state index is 0.137. The van der Waals surface area contributed by atoms with Crippen molar-refractivity contribution in [3.63, 3.8) is 0 Å². The Bertz CT molecular complexity index is 959. The summed E-state index contributed by atoms with van der Waals surface area (Å²) in [7, 11) is 0. The second-order valence-electron chi connectivity index (χ2n) is 7.52. The number of hydrogen-bond donors (Lipinski definition) is 2. The molecule has 9 heteroatoms. The van der Waals surface area contributed by atoms with Crippen LogP contribution in [0.25, 0.3) is 11.3 Å². The van der Waals surface area contributed by atoms with Crippen LogP contribution in [0.4, 0.5) is 19.0 Å². The van der Waals surface area contributed by atoms with E-state index in [1.54, 1.807) is 0 Å². The molecule has 4 rings (SSSR count). The number of nitrogens with one attached hydrogen (secondary N) is 2. The Morgan fingerprint density at radius 2 is 2.03 bits per heavy atom. The summed E-state index contributed by atoms with van der Waals surface area (Å²) in [6.07, 6.45) is 0.358. The lowest BCUT2D eigenvalue weighted by molar-refractivity contribution is -0.137. The zero-order valence-electron chi connectivity index (χ0n) is 16.3. The number of aromatic nitrogens is 4. The first-order valence-corrected chi connectivity index (χ1v) is 9.51. The molecule has 2 N–H and O–H groups in total. The Morgan fingerprint density at radius 1 is 1.21 bits per heavy atom. The van der Waals surface area contributed by atoms with E-state index in [4.69, 9.17) is 0 Å². The van der Waals surface area contributed by atoms with Crippen LogP contribution in [0.5, 0.6) is 0 Å². The van der Waals surface area contributed by atoms with Crippen LogP contribution in [0, 0.1) is 6.92 Å². The Labute approximate surface area is 166 Å². The second kappa shape index (κ2) is 7.55. The normalized spacial score (nSPS) is 18.4. The zero-order chi connectivity index (χ0) is 20.6. The second-order valence-corrected chi connectivity index (χ2v) is 7.52. The van der Waals surface area contributed by atoms with Crippen molar-refractivity contribution in [2.24, 2.45) is 0 Å². The topological polar surface area (TPSA) is 63.8 Å². The molecule has 0 bridgehead atoms. The summed E-state index contributed by atoms with van der Waals surface area (Å²) in [5.41, 5.74) is 3.58. The van der Waals surface area contributed by atoms with Crippen molar-refractivity contribution >= 4 is 5.82 Å². The van der Waals surface area contributed by atoms with Crippen LogP contribution >= 0.6 is 0 Å². The van der Waals surface area contributed by atoms with E-state index in [0.29, 0.717) is 12.4 Å². The van der Waals surface area contributed by atoms with Gasteiger partial charge in [-0.25, -0.2) is 4.98 Å². The van der Waals surface area contributed by atoms with Gasteiger partial charge in [-0.05, 0) is 32.0 Å². The monoisotopic (exact) mass is 404 g/mol. The molecule has 154 valence electrons. The molecule has 0 aliphatic carbocycles. The van der Waals surface area contributed by atoms with Gasteiger partial charge in [0.2, 0.25) is 0 Å². The van der Waals surface area contributed by atoms with Crippen LogP contribution in [0.3, 0.4) is 0 Å². The Hall–Kier alpha value is -2.81. The number of nitrogens with zero attached hydrogens (tertiary/aromatic N) is 4.